The van der Waals surface area contributed by atoms with E-state index in [0.717, 1.165) is 10.4 Å². The number of thiophene rings is 1. The van der Waals surface area contributed by atoms with Gasteiger partial charge in [-0.25, -0.2) is 4.79 Å². The van der Waals surface area contributed by atoms with Crippen LogP contribution in [0, 0.1) is 0 Å². The molecule has 0 aliphatic carbocycles. The lowest BCUT2D eigenvalue weighted by Crippen LogP contribution is -2.34. The van der Waals surface area contributed by atoms with Gasteiger partial charge in [-0.15, -0.1) is 11.3 Å². The van der Waals surface area contributed by atoms with Gasteiger partial charge in [0.25, 0.3) is 0 Å². The molecule has 4 nitrogen and oxygen atoms in total. The second kappa shape index (κ2) is 7.58. The van der Waals surface area contributed by atoms with E-state index in [1.807, 2.05) is 17.5 Å². The summed E-state index contributed by atoms with van der Waals surface area (Å²) in [4.78, 5) is 12.7. The van der Waals surface area contributed by atoms with Crippen molar-refractivity contribution in [3.63, 3.8) is 0 Å². The fourth-order valence-electron chi connectivity index (χ4n) is 1.61. The van der Waals surface area contributed by atoms with E-state index in [9.17, 15) is 13.6 Å². The highest BCUT2D eigenvalue weighted by Gasteiger charge is 2.04. The normalized spacial score (nSPS) is 10.4. The van der Waals surface area contributed by atoms with E-state index in [1.165, 1.54) is 12.1 Å². The Labute approximate surface area is 124 Å². The van der Waals surface area contributed by atoms with Crippen LogP contribution in [0.3, 0.4) is 0 Å². The van der Waals surface area contributed by atoms with E-state index >= 15 is 0 Å². The first kappa shape index (κ1) is 15.2. The molecule has 21 heavy (non-hydrogen) atoms. The van der Waals surface area contributed by atoms with Crippen LogP contribution >= 0.6 is 11.3 Å². The van der Waals surface area contributed by atoms with Crippen molar-refractivity contribution in [3.05, 3.63) is 52.2 Å². The van der Waals surface area contributed by atoms with Gasteiger partial charge in [-0.1, -0.05) is 18.2 Å². The van der Waals surface area contributed by atoms with E-state index in [-0.39, 0.29) is 11.8 Å². The van der Waals surface area contributed by atoms with Crippen LogP contribution in [0.5, 0.6) is 5.75 Å². The zero-order valence-corrected chi connectivity index (χ0v) is 11.8. The molecule has 1 aromatic heterocycles. The lowest BCUT2D eigenvalue weighted by atomic mass is 10.2. The first-order valence-corrected chi connectivity index (χ1v) is 7.09. The third-order valence-corrected chi connectivity index (χ3v) is 3.48. The summed E-state index contributed by atoms with van der Waals surface area (Å²) < 4.78 is 28.2. The highest BCUT2D eigenvalue weighted by Crippen LogP contribution is 2.14. The molecule has 2 N–H and O–H groups in total. The molecule has 0 saturated heterocycles. The molecular weight excluding hydrogens is 298 g/mol. The molecule has 2 aromatic rings. The fraction of sp³-hybridized carbons (Fsp3) is 0.214. The minimum absolute atomic E-state index is 0.0934. The lowest BCUT2D eigenvalue weighted by molar-refractivity contribution is -0.0498. The molecule has 0 spiro atoms. The van der Waals surface area contributed by atoms with Crippen LogP contribution in [0.15, 0.2) is 41.8 Å². The van der Waals surface area contributed by atoms with Crippen molar-refractivity contribution in [1.29, 1.82) is 0 Å². The van der Waals surface area contributed by atoms with E-state index in [0.29, 0.717) is 13.1 Å². The number of hydrogen-bond acceptors (Lipinski definition) is 3. The summed E-state index contributed by atoms with van der Waals surface area (Å²) in [7, 11) is 0. The number of carbonyl (C=O) groups is 1. The van der Waals surface area contributed by atoms with Gasteiger partial charge in [0.05, 0.1) is 6.54 Å². The molecule has 0 radical (unpaired) electrons. The Morgan fingerprint density at radius 3 is 2.48 bits per heavy atom. The average molecular weight is 312 g/mol. The number of urea groups is 1. The van der Waals surface area contributed by atoms with Gasteiger partial charge in [0.1, 0.15) is 5.75 Å². The van der Waals surface area contributed by atoms with Crippen molar-refractivity contribution in [2.45, 2.75) is 19.7 Å². The largest absolute Gasteiger partial charge is 0.435 e. The van der Waals surface area contributed by atoms with Gasteiger partial charge in [-0.3, -0.25) is 0 Å². The summed E-state index contributed by atoms with van der Waals surface area (Å²) in [5.41, 5.74) is 0.794. The minimum Gasteiger partial charge on any atom is -0.435 e. The van der Waals surface area contributed by atoms with Crippen LogP contribution < -0.4 is 15.4 Å². The Kier molecular flexibility index (Phi) is 5.51. The maximum absolute atomic E-state index is 12.0. The number of alkyl halides is 2. The van der Waals surface area contributed by atoms with Crippen LogP contribution in [-0.2, 0) is 13.1 Å². The second-order valence-electron chi connectivity index (χ2n) is 4.14. The zero-order valence-electron chi connectivity index (χ0n) is 11.0. The molecule has 0 fully saturated rings. The monoisotopic (exact) mass is 312 g/mol. The van der Waals surface area contributed by atoms with Crippen molar-refractivity contribution < 1.29 is 18.3 Å². The fourth-order valence-corrected chi connectivity index (χ4v) is 2.26. The predicted molar refractivity (Wildman–Crippen MR) is 76.5 cm³/mol. The molecule has 1 aromatic carbocycles. The number of carbonyl (C=O) groups excluding carboxylic acids is 1. The summed E-state index contributed by atoms with van der Waals surface area (Å²) in [6.07, 6.45) is 0. The Balaban J connectivity index is 1.73. The van der Waals surface area contributed by atoms with Gasteiger partial charge in [0, 0.05) is 11.4 Å². The smallest absolute Gasteiger partial charge is 0.387 e. The van der Waals surface area contributed by atoms with Gasteiger partial charge in [0.2, 0.25) is 0 Å². The summed E-state index contributed by atoms with van der Waals surface area (Å²) >= 11 is 1.57. The summed E-state index contributed by atoms with van der Waals surface area (Å²) in [5.74, 6) is 0.0934. The minimum atomic E-state index is -2.84. The molecule has 0 aliphatic heterocycles. The summed E-state index contributed by atoms with van der Waals surface area (Å²) in [6, 6.07) is 9.69. The highest BCUT2D eigenvalue weighted by atomic mass is 32.1. The van der Waals surface area contributed by atoms with Gasteiger partial charge in [-0.05, 0) is 29.1 Å². The molecule has 1 heterocycles. The summed E-state index contributed by atoms with van der Waals surface area (Å²) in [6.45, 7) is -2.05. The third kappa shape index (κ3) is 5.39. The average Bonchev–Trinajstić information content (AvgIpc) is 2.97. The van der Waals surface area contributed by atoms with Crippen molar-refractivity contribution >= 4 is 17.4 Å². The van der Waals surface area contributed by atoms with Crippen molar-refractivity contribution in [1.82, 2.24) is 10.6 Å². The molecule has 0 saturated carbocycles. The van der Waals surface area contributed by atoms with E-state index in [2.05, 4.69) is 15.4 Å². The molecule has 0 aliphatic rings. The third-order valence-electron chi connectivity index (χ3n) is 2.60. The van der Waals surface area contributed by atoms with Crippen molar-refractivity contribution in [3.8, 4) is 5.75 Å². The van der Waals surface area contributed by atoms with Crippen LogP contribution in [0.25, 0.3) is 0 Å². The van der Waals surface area contributed by atoms with Crippen LogP contribution in [0.1, 0.15) is 10.4 Å². The molecule has 0 atom stereocenters. The van der Waals surface area contributed by atoms with E-state index < -0.39 is 6.61 Å². The highest BCUT2D eigenvalue weighted by molar-refractivity contribution is 7.09. The van der Waals surface area contributed by atoms with Gasteiger partial charge in [0.15, 0.2) is 0 Å². The van der Waals surface area contributed by atoms with Crippen molar-refractivity contribution in [2.24, 2.45) is 0 Å². The van der Waals surface area contributed by atoms with E-state index in [1.54, 1.807) is 23.5 Å². The molecule has 112 valence electrons. The molecule has 2 amide bonds. The number of nitrogens with one attached hydrogen (secondary N) is 2. The Bertz CT molecular complexity index is 559. The predicted octanol–water partition coefficient (Wildman–Crippen LogP) is 3.35. The SMILES string of the molecule is O=C(NCc1ccc(OC(F)F)cc1)NCc1cccs1. The topological polar surface area (TPSA) is 50.4 Å². The quantitative estimate of drug-likeness (QED) is 0.859. The standard InChI is InChI=1S/C14H14F2N2O2S/c15-13(16)20-11-5-3-10(4-6-11)8-17-14(19)18-9-12-2-1-7-21-12/h1-7,13H,8-9H2,(H2,17,18,19). The van der Waals surface area contributed by atoms with Gasteiger partial charge >= 0.3 is 12.6 Å². The lowest BCUT2D eigenvalue weighted by Gasteiger charge is -2.08. The first-order valence-electron chi connectivity index (χ1n) is 6.21. The van der Waals surface area contributed by atoms with Crippen molar-refractivity contribution in [2.75, 3.05) is 0 Å². The number of hydrogen-bond donors (Lipinski definition) is 2. The first-order chi connectivity index (χ1) is 10.1. The number of benzene rings is 1. The Morgan fingerprint density at radius 1 is 1.14 bits per heavy atom. The summed E-state index contributed by atoms with van der Waals surface area (Å²) in [5, 5.41) is 7.36. The second-order valence-corrected chi connectivity index (χ2v) is 5.17. The van der Waals surface area contributed by atoms with Crippen LogP contribution in [-0.4, -0.2) is 12.6 Å². The van der Waals surface area contributed by atoms with Crippen LogP contribution in [0.4, 0.5) is 13.6 Å². The molecular formula is C14H14F2N2O2S. The Morgan fingerprint density at radius 2 is 1.86 bits per heavy atom. The molecule has 2 rings (SSSR count). The van der Waals surface area contributed by atoms with Gasteiger partial charge < -0.3 is 15.4 Å². The zero-order chi connectivity index (χ0) is 15.1. The van der Waals surface area contributed by atoms with E-state index in [4.69, 9.17) is 0 Å². The molecule has 0 bridgehead atoms. The van der Waals surface area contributed by atoms with Gasteiger partial charge in [-0.2, -0.15) is 8.78 Å². The Hall–Kier alpha value is -2.15. The maximum atomic E-state index is 12.0. The maximum Gasteiger partial charge on any atom is 0.387 e. The number of rotatable bonds is 6. The number of halogens is 2. The van der Waals surface area contributed by atoms with Crippen LogP contribution in [0.2, 0.25) is 0 Å². The number of ether oxygens (including phenoxy) is 1. The molecule has 7 heteroatoms. The number of amides is 2. The molecule has 0 unspecified atom stereocenters.